The van der Waals surface area contributed by atoms with E-state index in [4.69, 9.17) is 9.47 Å². The van der Waals surface area contributed by atoms with E-state index in [2.05, 4.69) is 9.97 Å². The van der Waals surface area contributed by atoms with Crippen molar-refractivity contribution in [3.8, 4) is 11.5 Å². The summed E-state index contributed by atoms with van der Waals surface area (Å²) in [5.41, 5.74) is 3.51. The largest absolute Gasteiger partial charge is 0.493 e. The number of aromatic nitrogens is 2. The van der Waals surface area contributed by atoms with Gasteiger partial charge >= 0.3 is 0 Å². The summed E-state index contributed by atoms with van der Waals surface area (Å²) in [4.78, 5) is 9.01. The smallest absolute Gasteiger partial charge is 0.130 e. The standard InChI is InChI=1S/C25H22N2O3/c28-25-18(13-19-6-3-4-12-26-19)15-30-24-11-10-21(14-22(24)25)29-16-20-9-8-17-5-1-2-7-23(17)27-20/h1-12,14,18,25,28H,13,15-16H2/t18-,25-/m1/s1. The number of hydrogen-bond donors (Lipinski definition) is 1. The van der Waals surface area contributed by atoms with E-state index >= 15 is 0 Å². The first kappa shape index (κ1) is 18.6. The first-order valence-electron chi connectivity index (χ1n) is 10.1. The Kier molecular flexibility index (Phi) is 5.03. The maximum Gasteiger partial charge on any atom is 0.130 e. The van der Waals surface area contributed by atoms with Gasteiger partial charge in [-0.05, 0) is 48.9 Å². The molecule has 150 valence electrons. The molecule has 0 fully saturated rings. The van der Waals surface area contributed by atoms with Gasteiger partial charge in [-0.25, -0.2) is 4.98 Å². The van der Waals surface area contributed by atoms with E-state index in [1.165, 1.54) is 0 Å². The highest BCUT2D eigenvalue weighted by molar-refractivity contribution is 5.78. The average molecular weight is 398 g/mol. The highest BCUT2D eigenvalue weighted by Crippen LogP contribution is 2.38. The van der Waals surface area contributed by atoms with Crippen molar-refractivity contribution >= 4 is 10.9 Å². The molecule has 5 heteroatoms. The Balaban J connectivity index is 1.30. The maximum absolute atomic E-state index is 10.9. The zero-order valence-electron chi connectivity index (χ0n) is 16.4. The normalized spacial score (nSPS) is 17.9. The van der Waals surface area contributed by atoms with E-state index in [0.717, 1.165) is 27.9 Å². The number of rotatable bonds is 5. The van der Waals surface area contributed by atoms with Crippen LogP contribution in [0.25, 0.3) is 10.9 Å². The molecule has 0 bridgehead atoms. The second-order valence-electron chi connectivity index (χ2n) is 7.52. The minimum Gasteiger partial charge on any atom is -0.493 e. The number of ether oxygens (including phenoxy) is 2. The van der Waals surface area contributed by atoms with Crippen LogP contribution in [0.5, 0.6) is 11.5 Å². The van der Waals surface area contributed by atoms with Gasteiger partial charge in [0.05, 0.1) is 23.9 Å². The molecule has 30 heavy (non-hydrogen) atoms. The highest BCUT2D eigenvalue weighted by Gasteiger charge is 2.30. The summed E-state index contributed by atoms with van der Waals surface area (Å²) in [7, 11) is 0. The van der Waals surface area contributed by atoms with Gasteiger partial charge in [0.2, 0.25) is 0 Å². The number of hydrogen-bond acceptors (Lipinski definition) is 5. The van der Waals surface area contributed by atoms with Crippen molar-refractivity contribution in [3.05, 3.63) is 95.9 Å². The van der Waals surface area contributed by atoms with Gasteiger partial charge in [-0.15, -0.1) is 0 Å². The SMILES string of the molecule is O[C@H]1c2cc(OCc3ccc4ccccc4n3)ccc2OC[C@H]1Cc1ccccn1. The van der Waals surface area contributed by atoms with Gasteiger partial charge in [-0.2, -0.15) is 0 Å². The number of fused-ring (bicyclic) bond motifs is 2. The number of para-hydroxylation sites is 1. The van der Waals surface area contributed by atoms with Gasteiger partial charge in [-0.3, -0.25) is 4.98 Å². The molecule has 0 radical (unpaired) electrons. The van der Waals surface area contributed by atoms with Crippen LogP contribution in [0.4, 0.5) is 0 Å². The molecule has 2 atom stereocenters. The van der Waals surface area contributed by atoms with E-state index in [1.54, 1.807) is 6.20 Å². The van der Waals surface area contributed by atoms with Gasteiger partial charge in [0.15, 0.2) is 0 Å². The Morgan fingerprint density at radius 3 is 2.77 bits per heavy atom. The van der Waals surface area contributed by atoms with Crippen molar-refractivity contribution in [2.24, 2.45) is 5.92 Å². The van der Waals surface area contributed by atoms with Gasteiger partial charge in [0.25, 0.3) is 0 Å². The fourth-order valence-corrected chi connectivity index (χ4v) is 3.82. The summed E-state index contributed by atoms with van der Waals surface area (Å²) < 4.78 is 11.9. The van der Waals surface area contributed by atoms with Crippen LogP contribution in [0.15, 0.2) is 79.0 Å². The number of benzene rings is 2. The van der Waals surface area contributed by atoms with Crippen LogP contribution in [-0.4, -0.2) is 21.7 Å². The number of pyridine rings is 2. The van der Waals surface area contributed by atoms with Gasteiger partial charge in [0.1, 0.15) is 18.1 Å². The quantitative estimate of drug-likeness (QED) is 0.536. The molecular weight excluding hydrogens is 376 g/mol. The lowest BCUT2D eigenvalue weighted by Crippen LogP contribution is -2.28. The van der Waals surface area contributed by atoms with Crippen LogP contribution in [0.1, 0.15) is 23.1 Å². The molecule has 0 spiro atoms. The molecule has 5 nitrogen and oxygen atoms in total. The predicted molar refractivity (Wildman–Crippen MR) is 114 cm³/mol. The fourth-order valence-electron chi connectivity index (χ4n) is 3.82. The number of aliphatic hydroxyl groups excluding tert-OH is 1. The van der Waals surface area contributed by atoms with Crippen LogP contribution in [0, 0.1) is 5.92 Å². The molecule has 0 saturated heterocycles. The maximum atomic E-state index is 10.9. The summed E-state index contributed by atoms with van der Waals surface area (Å²) in [6, 6.07) is 23.4. The Morgan fingerprint density at radius 1 is 0.967 bits per heavy atom. The third kappa shape index (κ3) is 3.84. The number of nitrogens with zero attached hydrogens (tertiary/aromatic N) is 2. The molecular formula is C25H22N2O3. The van der Waals surface area contributed by atoms with Gasteiger partial charge in [0, 0.05) is 28.8 Å². The highest BCUT2D eigenvalue weighted by atomic mass is 16.5. The Hall–Kier alpha value is -3.44. The molecule has 0 amide bonds. The second-order valence-corrected chi connectivity index (χ2v) is 7.52. The van der Waals surface area contributed by atoms with Gasteiger partial charge < -0.3 is 14.6 Å². The van der Waals surface area contributed by atoms with E-state index in [0.29, 0.717) is 31.1 Å². The Labute approximate surface area is 175 Å². The lowest BCUT2D eigenvalue weighted by molar-refractivity contribution is 0.0499. The summed E-state index contributed by atoms with van der Waals surface area (Å²) >= 11 is 0. The third-order valence-electron chi connectivity index (χ3n) is 5.44. The summed E-state index contributed by atoms with van der Waals surface area (Å²) in [6.45, 7) is 0.823. The summed E-state index contributed by atoms with van der Waals surface area (Å²) in [5.74, 6) is 1.34. The van der Waals surface area contributed by atoms with Gasteiger partial charge in [-0.1, -0.05) is 30.3 Å². The zero-order valence-corrected chi connectivity index (χ0v) is 16.4. The minimum atomic E-state index is -0.627. The first-order chi connectivity index (χ1) is 14.8. The van der Waals surface area contributed by atoms with E-state index < -0.39 is 6.10 Å². The van der Waals surface area contributed by atoms with E-state index in [9.17, 15) is 5.11 Å². The molecule has 4 aromatic rings. The fraction of sp³-hybridized carbons (Fsp3) is 0.200. The molecule has 3 heterocycles. The van der Waals surface area contributed by atoms with Crippen LogP contribution >= 0.6 is 0 Å². The lowest BCUT2D eigenvalue weighted by atomic mass is 9.89. The topological polar surface area (TPSA) is 64.5 Å². The van der Waals surface area contributed by atoms with Crippen LogP contribution < -0.4 is 9.47 Å². The molecule has 1 N–H and O–H groups in total. The third-order valence-corrected chi connectivity index (χ3v) is 5.44. The molecule has 0 saturated carbocycles. The minimum absolute atomic E-state index is 0.0511. The van der Waals surface area contributed by atoms with Crippen LogP contribution in [0.2, 0.25) is 0 Å². The summed E-state index contributed by atoms with van der Waals surface area (Å²) in [5, 5.41) is 12.0. The molecule has 2 aromatic carbocycles. The van der Waals surface area contributed by atoms with Crippen molar-refractivity contribution < 1.29 is 14.6 Å². The molecule has 1 aliphatic rings. The average Bonchev–Trinajstić information content (AvgIpc) is 2.80. The molecule has 5 rings (SSSR count). The second kappa shape index (κ2) is 8.13. The molecule has 2 aromatic heterocycles. The zero-order chi connectivity index (χ0) is 20.3. The predicted octanol–water partition coefficient (Wildman–Crippen LogP) is 4.49. The number of aliphatic hydroxyl groups is 1. The van der Waals surface area contributed by atoms with Crippen LogP contribution in [-0.2, 0) is 13.0 Å². The molecule has 1 aliphatic heterocycles. The van der Waals surface area contributed by atoms with Crippen molar-refractivity contribution in [2.45, 2.75) is 19.1 Å². The molecule has 0 unspecified atom stereocenters. The van der Waals surface area contributed by atoms with E-state index in [1.807, 2.05) is 72.8 Å². The molecule has 0 aliphatic carbocycles. The van der Waals surface area contributed by atoms with Crippen molar-refractivity contribution in [1.82, 2.24) is 9.97 Å². The van der Waals surface area contributed by atoms with Crippen molar-refractivity contribution in [2.75, 3.05) is 6.61 Å². The van der Waals surface area contributed by atoms with Crippen molar-refractivity contribution in [3.63, 3.8) is 0 Å². The first-order valence-corrected chi connectivity index (χ1v) is 10.1. The lowest BCUT2D eigenvalue weighted by Gasteiger charge is -2.30. The van der Waals surface area contributed by atoms with E-state index in [-0.39, 0.29) is 5.92 Å². The Bertz CT molecular complexity index is 1160. The Morgan fingerprint density at radius 2 is 1.87 bits per heavy atom. The van der Waals surface area contributed by atoms with Crippen molar-refractivity contribution in [1.29, 1.82) is 0 Å². The summed E-state index contributed by atoms with van der Waals surface area (Å²) in [6.07, 6.45) is 1.80. The monoisotopic (exact) mass is 398 g/mol. The van der Waals surface area contributed by atoms with Crippen LogP contribution in [0.3, 0.4) is 0 Å².